The highest BCUT2D eigenvalue weighted by molar-refractivity contribution is 6.10. The molecule has 10 amide bonds. The second kappa shape index (κ2) is 24.3. The Hall–Kier alpha value is -11.3. The fourth-order valence-corrected chi connectivity index (χ4v) is 9.42. The molecule has 0 aromatic carbocycles. The Morgan fingerprint density at radius 3 is 0.814 bits per heavy atom. The van der Waals surface area contributed by atoms with Crippen LogP contribution in [0.1, 0.15) is 97.0 Å². The summed E-state index contributed by atoms with van der Waals surface area (Å²) in [7, 11) is 12.7. The zero-order valence-electron chi connectivity index (χ0n) is 47.8. The lowest BCUT2D eigenvalue weighted by Gasteiger charge is -2.12. The predicted molar refractivity (Wildman–Crippen MR) is 314 cm³/mol. The van der Waals surface area contributed by atoms with Crippen molar-refractivity contribution in [2.45, 2.75) is 24.9 Å². The molecule has 0 unspecified atom stereocenters. The monoisotopic (exact) mass is 1180 g/mol. The number of carbonyl (C=O) groups excluding carboxylic acids is 10. The zero-order chi connectivity index (χ0) is 62.0. The molecule has 32 heteroatoms. The van der Waals surface area contributed by atoms with Crippen LogP contribution in [0.3, 0.4) is 0 Å². The van der Waals surface area contributed by atoms with Crippen molar-refractivity contribution in [2.24, 2.45) is 67.8 Å². The summed E-state index contributed by atoms with van der Waals surface area (Å²) in [5.41, 5.74) is 15.0. The molecule has 8 aromatic rings. The summed E-state index contributed by atoms with van der Waals surface area (Å²) in [5.74, 6) is -5.85. The molecule has 0 saturated carbocycles. The summed E-state index contributed by atoms with van der Waals surface area (Å²) in [6.07, 6.45) is 11.5. The second-order valence-electron chi connectivity index (χ2n) is 20.6. The van der Waals surface area contributed by atoms with Gasteiger partial charge in [0.1, 0.15) is 34.2 Å². The Kier molecular flexibility index (Phi) is 16.8. The Labute approximate surface area is 488 Å². The summed E-state index contributed by atoms with van der Waals surface area (Å²) in [6.45, 7) is -0.232. The molecule has 16 bridgehead atoms. The number of anilines is 8. The highest BCUT2D eigenvalue weighted by atomic mass is 16.2. The molecule has 0 fully saturated rings. The number of nitrogens with two attached hydrogens (primary N) is 2. The standard InChI is InChI=1S/C54H62N22O10/c1-69-19-29-11-35(69)47(79)57-17-27(55)9-43(77)65-41-25-75(7)45(67-41)53(85)64-34-16-40(74(6)24-34)52(84)62-32-14-38(72(4)22-32)50(82)60-30-12-36(70(2)20-30)48(80)58-18-28(56)10-44(78)66-42-26-76(8)46(68-42)54(86)63-33-15-39(73(5)23-33)51(83)61-31-13-37(49(81)59-29)71(3)21-31/h11-16,19-28H,9-10,17-18,55-56H2,1-8H3,(H,57,79)(H,58,80)(H,59,81)(H,60,82)(H,61,83)(H,62,84)(H,63,86)(H,64,85)(H,65,77)(H,66,78)/t27-,28-/m1/s1. The first-order chi connectivity index (χ1) is 40.7. The van der Waals surface area contributed by atoms with Crippen LogP contribution in [0.5, 0.6) is 0 Å². The molecule has 1 aliphatic rings. The molecule has 32 nitrogen and oxygen atoms in total. The van der Waals surface area contributed by atoms with Gasteiger partial charge in [-0.05, 0) is 36.4 Å². The highest BCUT2D eigenvalue weighted by Crippen LogP contribution is 2.24. The molecule has 0 radical (unpaired) electrons. The van der Waals surface area contributed by atoms with Gasteiger partial charge in [0.15, 0.2) is 11.6 Å². The average molecular weight is 1180 g/mol. The summed E-state index contributed by atoms with van der Waals surface area (Å²) in [5, 5.41) is 27.0. The van der Waals surface area contributed by atoms with Gasteiger partial charge in [-0.1, -0.05) is 0 Å². The van der Waals surface area contributed by atoms with E-state index in [1.165, 1.54) is 123 Å². The maximum Gasteiger partial charge on any atom is 0.291 e. The number of nitrogens with one attached hydrogen (secondary N) is 10. The lowest BCUT2D eigenvalue weighted by Crippen LogP contribution is -2.40. The van der Waals surface area contributed by atoms with E-state index in [2.05, 4.69) is 63.1 Å². The summed E-state index contributed by atoms with van der Waals surface area (Å²) in [4.78, 5) is 142. The van der Waals surface area contributed by atoms with Crippen molar-refractivity contribution in [3.63, 3.8) is 0 Å². The van der Waals surface area contributed by atoms with Crippen molar-refractivity contribution in [2.75, 3.05) is 55.6 Å². The minimum atomic E-state index is -0.850. The number of nitrogens with zero attached hydrogens (tertiary/aromatic N) is 10. The van der Waals surface area contributed by atoms with Gasteiger partial charge in [-0.15, -0.1) is 0 Å². The highest BCUT2D eigenvalue weighted by Gasteiger charge is 2.25. The van der Waals surface area contributed by atoms with Crippen LogP contribution in [-0.2, 0) is 66.0 Å². The average Bonchev–Trinajstić information content (AvgIpc) is 4.30. The molecule has 2 atom stereocenters. The number of hydrogen-bond donors (Lipinski definition) is 12. The Morgan fingerprint density at radius 1 is 0.326 bits per heavy atom. The van der Waals surface area contributed by atoms with E-state index in [1.54, 1.807) is 56.4 Å². The number of rotatable bonds is 0. The number of amides is 10. The van der Waals surface area contributed by atoms with Gasteiger partial charge in [0, 0.05) is 144 Å². The van der Waals surface area contributed by atoms with Gasteiger partial charge in [-0.25, -0.2) is 9.97 Å². The van der Waals surface area contributed by atoms with Crippen molar-refractivity contribution in [1.82, 2.24) is 57.1 Å². The first-order valence-electron chi connectivity index (χ1n) is 26.4. The van der Waals surface area contributed by atoms with Crippen LogP contribution in [0, 0.1) is 0 Å². The molecule has 14 N–H and O–H groups in total. The maximum absolute atomic E-state index is 13.5. The van der Waals surface area contributed by atoms with Crippen LogP contribution in [0.4, 0.5) is 45.8 Å². The van der Waals surface area contributed by atoms with E-state index in [-0.39, 0.29) is 118 Å². The Bertz CT molecular complexity index is 3800. The van der Waals surface area contributed by atoms with E-state index < -0.39 is 71.2 Å². The number of fused-ring (bicyclic) bond motifs is 16. The topological polar surface area (TPSA) is 408 Å². The van der Waals surface area contributed by atoms with Crippen molar-refractivity contribution in [3.8, 4) is 0 Å². The fourth-order valence-electron chi connectivity index (χ4n) is 9.42. The van der Waals surface area contributed by atoms with E-state index in [9.17, 15) is 47.9 Å². The molecule has 448 valence electrons. The van der Waals surface area contributed by atoms with Crippen LogP contribution >= 0.6 is 0 Å². The summed E-state index contributed by atoms with van der Waals surface area (Å²) < 4.78 is 11.7. The molecule has 0 aliphatic carbocycles. The van der Waals surface area contributed by atoms with E-state index in [4.69, 9.17) is 11.5 Å². The largest absolute Gasteiger partial charge is 0.349 e. The smallest absolute Gasteiger partial charge is 0.291 e. The third-order valence-electron chi connectivity index (χ3n) is 13.6. The van der Waals surface area contributed by atoms with Crippen LogP contribution in [0.25, 0.3) is 0 Å². The van der Waals surface area contributed by atoms with E-state index in [1.807, 2.05) is 0 Å². The molecule has 9 rings (SSSR count). The lowest BCUT2D eigenvalue weighted by molar-refractivity contribution is -0.117. The number of imidazole rings is 2. The van der Waals surface area contributed by atoms with Crippen LogP contribution in [0.15, 0.2) is 86.0 Å². The molecule has 1 aliphatic heterocycles. The Morgan fingerprint density at radius 2 is 0.558 bits per heavy atom. The van der Waals surface area contributed by atoms with Crippen molar-refractivity contribution >= 4 is 105 Å². The lowest BCUT2D eigenvalue weighted by atomic mass is 10.2. The molecule has 0 spiro atoms. The van der Waals surface area contributed by atoms with Gasteiger partial charge >= 0.3 is 0 Å². The third kappa shape index (κ3) is 13.5. The van der Waals surface area contributed by atoms with Crippen molar-refractivity contribution < 1.29 is 47.9 Å². The Balaban J connectivity index is 0.887. The number of aromatic nitrogens is 10. The van der Waals surface area contributed by atoms with Crippen LogP contribution in [-0.4, -0.2) is 131 Å². The SMILES string of the molecule is Cn1cc2cc1C(=O)NC[C@H](N)CC(=O)Nc1cn(C)c(n1)C(=O)Nc1cc(n(C)c1)C(=O)Nc1cc(n(C)c1)C(=O)Nc1cc(n(C)c1)C(=O)NC[C@H](N)CC(=O)Nc1cn(C)c(n1)C(=O)Nc1cc(n(C)c1)C(=O)Nc1cc(n(C)c1)C(=O)N2. The second-order valence-corrected chi connectivity index (χ2v) is 20.6. The summed E-state index contributed by atoms with van der Waals surface area (Å²) >= 11 is 0. The van der Waals surface area contributed by atoms with Crippen molar-refractivity contribution in [3.05, 3.63) is 132 Å². The van der Waals surface area contributed by atoms with Gasteiger partial charge in [-0.2, -0.15) is 0 Å². The zero-order valence-corrected chi connectivity index (χ0v) is 47.8. The molecule has 9 heterocycles. The quantitative estimate of drug-likeness (QED) is 0.102. The normalized spacial score (nSPS) is 16.8. The van der Waals surface area contributed by atoms with Crippen LogP contribution in [0.2, 0.25) is 0 Å². The van der Waals surface area contributed by atoms with E-state index >= 15 is 0 Å². The first kappa shape index (κ1) is 59.3. The molecule has 8 aromatic heterocycles. The van der Waals surface area contributed by atoms with Gasteiger partial charge < -0.3 is 101 Å². The molecular weight excluding hydrogens is 1120 g/mol. The van der Waals surface area contributed by atoms with Gasteiger partial charge in [0.2, 0.25) is 23.5 Å². The first-order valence-corrected chi connectivity index (χ1v) is 26.4. The van der Waals surface area contributed by atoms with Gasteiger partial charge in [-0.3, -0.25) is 47.9 Å². The van der Waals surface area contributed by atoms with Gasteiger partial charge in [0.05, 0.1) is 34.1 Å². The van der Waals surface area contributed by atoms with E-state index in [0.717, 1.165) is 0 Å². The third-order valence-corrected chi connectivity index (χ3v) is 13.6. The molecular formula is C54H62N22O10. The minimum Gasteiger partial charge on any atom is -0.349 e. The summed E-state index contributed by atoms with van der Waals surface area (Å²) in [6, 6.07) is 6.98. The molecule has 86 heavy (non-hydrogen) atoms. The minimum absolute atomic E-state index is 0.0454. The molecule has 0 saturated heterocycles. The van der Waals surface area contributed by atoms with Gasteiger partial charge in [0.25, 0.3) is 47.3 Å². The number of hydrogen-bond acceptors (Lipinski definition) is 14. The number of carbonyl (C=O) groups is 10. The fraction of sp³-hybridized carbons (Fsp3) is 0.259. The van der Waals surface area contributed by atoms with Crippen LogP contribution < -0.4 is 64.6 Å². The van der Waals surface area contributed by atoms with E-state index in [0.29, 0.717) is 0 Å². The predicted octanol–water partition coefficient (Wildman–Crippen LogP) is 1.18. The maximum atomic E-state index is 13.5. The van der Waals surface area contributed by atoms with Crippen molar-refractivity contribution in [1.29, 1.82) is 0 Å². The number of aryl methyl sites for hydroxylation is 8.